The van der Waals surface area contributed by atoms with E-state index in [9.17, 15) is 89.4 Å². The van der Waals surface area contributed by atoms with Crippen molar-refractivity contribution < 1.29 is 130 Å². The number of fused-ring (bicyclic) bond motifs is 8. The summed E-state index contributed by atoms with van der Waals surface area (Å²) in [7, 11) is 1.71. The number of ether oxygens (including phenoxy) is 1. The number of ketones is 8. The molecular weight excluding hydrogens is 1820 g/mol. The van der Waals surface area contributed by atoms with Gasteiger partial charge in [-0.3, -0.25) is 38.4 Å². The van der Waals surface area contributed by atoms with Crippen LogP contribution in [0.1, 0.15) is 361 Å². The van der Waals surface area contributed by atoms with Gasteiger partial charge < -0.3 is 91.5 Å². The highest BCUT2D eigenvalue weighted by atomic mass is 16.5. The molecule has 0 fully saturated rings. The molecule has 8 aliphatic carbocycles. The Morgan fingerprint density at radius 2 is 0.636 bits per heavy atom. The zero-order valence-electron chi connectivity index (χ0n) is 88.5. The van der Waals surface area contributed by atoms with Crippen LogP contribution in [0.2, 0.25) is 0 Å². The monoisotopic (exact) mass is 1980 g/mol. The number of aryl methyl sites for hydroxylation is 7. The van der Waals surface area contributed by atoms with Gasteiger partial charge in [-0.05, 0) is 401 Å². The van der Waals surface area contributed by atoms with Crippen LogP contribution in [0.15, 0.2) is 48.5 Å². The van der Waals surface area contributed by atoms with Gasteiger partial charge in [0.2, 0.25) is 0 Å². The van der Waals surface area contributed by atoms with E-state index in [4.69, 9.17) is 40.5 Å². The van der Waals surface area contributed by atoms with Crippen molar-refractivity contribution in [3.05, 3.63) is 271 Å². The molecule has 0 spiro atoms. The first kappa shape index (κ1) is 117. The van der Waals surface area contributed by atoms with Crippen LogP contribution in [-0.4, -0.2) is 217 Å². The fraction of sp³-hybridized carbons (Fsp3) is 0.521. The smallest absolute Gasteiger partial charge is 0.197 e. The topological polar surface area (TPSA) is 490 Å². The van der Waals surface area contributed by atoms with Gasteiger partial charge in [-0.15, -0.1) is 0 Å². The first-order valence-electron chi connectivity index (χ1n) is 49.6. The van der Waals surface area contributed by atoms with Crippen LogP contribution < -0.4 is 0 Å². The van der Waals surface area contributed by atoms with E-state index in [2.05, 4.69) is 19.9 Å². The maximum Gasteiger partial charge on any atom is 0.197 e. The van der Waals surface area contributed by atoms with Gasteiger partial charge in [0, 0.05) is 122 Å². The number of aliphatic hydroxyl groups is 17. The third kappa shape index (κ3) is 21.9. The minimum atomic E-state index is -1.75. The summed E-state index contributed by atoms with van der Waals surface area (Å²) in [5, 5.41) is 163. The van der Waals surface area contributed by atoms with E-state index in [-0.39, 0.29) is 118 Å². The van der Waals surface area contributed by atoms with E-state index in [1.165, 1.54) is 23.6 Å². The molecule has 8 aromatic carbocycles. The van der Waals surface area contributed by atoms with Crippen molar-refractivity contribution in [1.29, 1.82) is 0 Å². The van der Waals surface area contributed by atoms with Crippen LogP contribution in [0.25, 0.3) is 0 Å². The van der Waals surface area contributed by atoms with Crippen LogP contribution in [0.3, 0.4) is 0 Å². The second-order valence-corrected chi connectivity index (χ2v) is 42.7. The number of hydrogen-bond acceptors (Lipinski definition) is 26. The maximum atomic E-state index is 12.5. The van der Waals surface area contributed by atoms with Crippen LogP contribution in [-0.2, 0) is 82.0 Å². The standard InChI is InChI=1S/C16H22O2.2C15H20O4.C15H20O3.C14H18O4.3C14H18O3/c1-10-8-12-9-16(3,4)15(17)14(12)11(2)13(10)6-7-18-5;1-8-10(4-5-16)9(7-17)6-11-12(8)14(19)15(2,3)13(11)18;1-8-6-11-12(9(2)10(8)4-5-16)14(19)15(3,7-17)13(11)18;1-8-7-11-12(9(2)10(8)5-6-16)14(18)15(3,4)13(11)17;1-7-6-10-11(8(2)9(7)4-5-15)13(17)14(3,18)12(10)16;1-8-6-10-7-14(3,17)13(16)12(10)9(2)11(8)4-5-15;1-7-6-11-12(8(2)10(7)4-5-15)14(17)9(3)13(11)16;1-8-5-10-6-11(7-16)14(17)13(10)9(2)12(8)3-4-15/h8H,6-7,9H2,1-5H3;2*6,13,16-18H,4-5,7H2,1-3H3;7,13,16-17H,5-6H2,1-4H3;6,12,15-16,18H,4-5H2,1-3H3;6,15,17H,4-5,7H2,1-3H3;6,9,13,15-16H,4-5H2,1-3H3;5,11,15-16H,3-4,6-7H2,1-2H3/t;13-;13-,15-;13-;12-,14+;14-;9-,13-;11-/m.1111100/s1. The molecule has 8 aromatic rings. The summed E-state index contributed by atoms with van der Waals surface area (Å²) in [5.41, 5.74) is 29.0. The molecule has 0 bridgehead atoms. The SMILES string of the molecule is COCCc1c(C)cc2c(c1C)C(=O)C(C)(C)C2.Cc1c(CCO)c(CO)cc2c1C(=O)C(C)(C)[C@@H]2O.Cc1cc2c(c(C)c1CCO)C(=O)C(C)(C)[C@@H]2O.Cc1cc2c(c(C)c1CCO)C(=O)[C@@H](C)[C@@H]2O.Cc1cc2c(c(C)c1CCO)C(=O)[C@@](C)(O)[C@@H]2O.Cc1cc2c(c(C)c1CCO)C(=O)[C@H](CO)C2.Cc1cc2c(c(C)c1CCO)C(=O)[C@](C)(CO)[C@@H]2O.Cc1cc2c(c(C)c1CCO)C(=O)[C@](C)(O)C2. The van der Waals surface area contributed by atoms with Gasteiger partial charge in [-0.1, -0.05) is 63.2 Å². The van der Waals surface area contributed by atoms with Crippen LogP contribution in [0.5, 0.6) is 0 Å². The van der Waals surface area contributed by atoms with Gasteiger partial charge in [0.25, 0.3) is 0 Å². The summed E-state index contributed by atoms with van der Waals surface area (Å²) in [6, 6.07) is 15.2. The molecule has 17 N–H and O–H groups in total. The molecule has 0 heterocycles. The van der Waals surface area contributed by atoms with Gasteiger partial charge in [0.1, 0.15) is 11.7 Å². The summed E-state index contributed by atoms with van der Waals surface area (Å²) in [4.78, 5) is 98.1. The Balaban J connectivity index is 0.000000182. The molecule has 0 radical (unpaired) electrons. The molecule has 10 atom stereocenters. The molecule has 778 valence electrons. The molecule has 0 amide bonds. The van der Waals surface area contributed by atoms with E-state index >= 15 is 0 Å². The molecule has 0 aliphatic heterocycles. The van der Waals surface area contributed by atoms with Gasteiger partial charge in [-0.2, -0.15) is 0 Å². The summed E-state index contributed by atoms with van der Waals surface area (Å²) in [6.45, 7) is 46.7. The molecule has 26 heteroatoms. The largest absolute Gasteiger partial charge is 0.396 e. The molecule has 0 saturated heterocycles. The normalized spacial score (nSPS) is 22.0. The predicted molar refractivity (Wildman–Crippen MR) is 548 cm³/mol. The zero-order valence-corrected chi connectivity index (χ0v) is 88.5. The molecule has 8 aliphatic rings. The highest BCUT2D eigenvalue weighted by molar-refractivity contribution is 6.12. The number of hydrogen-bond donors (Lipinski definition) is 17. The lowest BCUT2D eigenvalue weighted by Gasteiger charge is -2.23. The molecule has 0 aromatic heterocycles. The molecule has 26 nitrogen and oxygen atoms in total. The third-order valence-corrected chi connectivity index (χ3v) is 31.5. The minimum Gasteiger partial charge on any atom is -0.396 e. The molecule has 0 unspecified atom stereocenters. The zero-order chi connectivity index (χ0) is 108. The number of carbonyl (C=O) groups excluding carboxylic acids is 8. The Hall–Kier alpha value is -9.60. The van der Waals surface area contributed by atoms with E-state index in [1.54, 1.807) is 80.7 Å². The van der Waals surface area contributed by atoms with Crippen molar-refractivity contribution in [3.8, 4) is 0 Å². The lowest BCUT2D eigenvalue weighted by atomic mass is 9.84. The highest BCUT2D eigenvalue weighted by Crippen LogP contribution is 2.52. The molecular formula is C117H154O26. The lowest BCUT2D eigenvalue weighted by Crippen LogP contribution is -2.35. The first-order chi connectivity index (χ1) is 66.7. The van der Waals surface area contributed by atoms with Gasteiger partial charge in [0.05, 0.1) is 67.1 Å². The summed E-state index contributed by atoms with van der Waals surface area (Å²) < 4.78 is 5.16. The van der Waals surface area contributed by atoms with Crippen LogP contribution in [0.4, 0.5) is 0 Å². The van der Waals surface area contributed by atoms with Crippen LogP contribution >= 0.6 is 0 Å². The maximum absolute atomic E-state index is 12.5. The number of carbonyl (C=O) groups is 8. The minimum absolute atomic E-state index is 0.00156. The van der Waals surface area contributed by atoms with Crippen molar-refractivity contribution in [1.82, 2.24) is 0 Å². The van der Waals surface area contributed by atoms with Crippen molar-refractivity contribution in [2.24, 2.45) is 33.5 Å². The quantitative estimate of drug-likeness (QED) is 0.0337. The van der Waals surface area contributed by atoms with Gasteiger partial charge in [-0.25, -0.2) is 0 Å². The average Bonchev–Trinajstić information content (AvgIpc) is 1.57. The van der Waals surface area contributed by atoms with Crippen molar-refractivity contribution in [3.63, 3.8) is 0 Å². The number of rotatable bonds is 20. The predicted octanol–water partition coefficient (Wildman–Crippen LogP) is 12.7. The fourth-order valence-electron chi connectivity index (χ4n) is 22.9. The number of Topliss-reactive ketones (excluding diaryl/α,β-unsaturated/α-hetero) is 8. The second kappa shape index (κ2) is 46.2. The number of aliphatic hydroxyl groups excluding tert-OH is 15. The molecule has 143 heavy (non-hydrogen) atoms. The summed E-state index contributed by atoms with van der Waals surface area (Å²) in [6.07, 6.45) is 1.98. The first-order valence-corrected chi connectivity index (χ1v) is 49.6. The fourth-order valence-corrected chi connectivity index (χ4v) is 22.9. The average molecular weight is 1980 g/mol. The number of benzene rings is 8. The Labute approximate surface area is 841 Å². The summed E-state index contributed by atoms with van der Waals surface area (Å²) >= 11 is 0. The molecule has 0 saturated carbocycles. The van der Waals surface area contributed by atoms with Gasteiger partial charge >= 0.3 is 0 Å². The Bertz CT molecular complexity index is 6170. The van der Waals surface area contributed by atoms with Crippen molar-refractivity contribution in [2.75, 3.05) is 73.2 Å². The lowest BCUT2D eigenvalue weighted by molar-refractivity contribution is -0.0321. The van der Waals surface area contributed by atoms with E-state index < -0.39 is 63.8 Å². The van der Waals surface area contributed by atoms with E-state index in [1.807, 2.05) is 121 Å². The number of methoxy groups -OCH3 is 1. The van der Waals surface area contributed by atoms with Crippen LogP contribution in [0, 0.1) is 137 Å². The Morgan fingerprint density at radius 3 is 1.03 bits per heavy atom. The van der Waals surface area contributed by atoms with E-state index in [0.29, 0.717) is 126 Å². The van der Waals surface area contributed by atoms with Crippen molar-refractivity contribution >= 4 is 46.3 Å². The van der Waals surface area contributed by atoms with E-state index in [0.717, 1.165) is 163 Å². The van der Waals surface area contributed by atoms with Crippen molar-refractivity contribution in [2.45, 2.75) is 292 Å². The van der Waals surface area contributed by atoms with Gasteiger partial charge in [0.15, 0.2) is 51.9 Å². The highest BCUT2D eigenvalue weighted by Gasteiger charge is 2.53. The summed E-state index contributed by atoms with van der Waals surface area (Å²) in [5.74, 6) is -1.17. The third-order valence-electron chi connectivity index (χ3n) is 31.5. The Kier molecular flexibility index (Phi) is 37.8. The molecule has 16 rings (SSSR count). The second-order valence-electron chi connectivity index (χ2n) is 42.7. The Morgan fingerprint density at radius 1 is 0.322 bits per heavy atom.